The number of halogens is 3. The van der Waals surface area contributed by atoms with Crippen LogP contribution < -0.4 is 10.2 Å². The lowest BCUT2D eigenvalue weighted by Crippen LogP contribution is -2.48. The quantitative estimate of drug-likeness (QED) is 0.877. The van der Waals surface area contributed by atoms with E-state index < -0.39 is 11.7 Å². The van der Waals surface area contributed by atoms with Gasteiger partial charge in [-0.15, -0.1) is 0 Å². The summed E-state index contributed by atoms with van der Waals surface area (Å²) in [6.45, 7) is 4.33. The van der Waals surface area contributed by atoms with Crippen LogP contribution in [0.5, 0.6) is 0 Å². The number of aromatic nitrogens is 2. The molecule has 5 nitrogen and oxygen atoms in total. The van der Waals surface area contributed by atoms with E-state index >= 15 is 0 Å². The molecule has 0 radical (unpaired) electrons. The zero-order valence-corrected chi connectivity index (χ0v) is 12.6. The number of alkyl halides is 3. The van der Waals surface area contributed by atoms with Crippen molar-refractivity contribution >= 4 is 17.4 Å². The van der Waals surface area contributed by atoms with Crippen LogP contribution >= 0.6 is 0 Å². The van der Waals surface area contributed by atoms with Crippen LogP contribution in [0.3, 0.4) is 0 Å². The van der Waals surface area contributed by atoms with E-state index in [2.05, 4.69) is 17.0 Å². The number of rotatable bonds is 3. The molecule has 1 N–H and O–H groups in total. The molecular weight excluding hydrogens is 321 g/mol. The molecule has 24 heavy (non-hydrogen) atoms. The SMILES string of the molecule is C=CC(=O)N[C@H]1CN(c2ccc(C(F)(F)F)cc2)c2ccnn2C1. The van der Waals surface area contributed by atoms with Crippen molar-refractivity contribution in [1.29, 1.82) is 0 Å². The fourth-order valence-electron chi connectivity index (χ4n) is 2.70. The number of benzene rings is 1. The van der Waals surface area contributed by atoms with Crippen LogP contribution in [0, 0.1) is 0 Å². The third-order valence-electron chi connectivity index (χ3n) is 3.81. The first kappa shape index (κ1) is 16.1. The van der Waals surface area contributed by atoms with E-state index in [9.17, 15) is 18.0 Å². The van der Waals surface area contributed by atoms with E-state index in [-0.39, 0.29) is 11.9 Å². The second kappa shape index (κ2) is 6.03. The van der Waals surface area contributed by atoms with E-state index in [1.54, 1.807) is 16.9 Å². The van der Waals surface area contributed by atoms with Gasteiger partial charge in [0, 0.05) is 18.3 Å². The summed E-state index contributed by atoms with van der Waals surface area (Å²) in [4.78, 5) is 13.4. The Kier molecular flexibility index (Phi) is 4.04. The highest BCUT2D eigenvalue weighted by atomic mass is 19.4. The second-order valence-corrected chi connectivity index (χ2v) is 5.44. The standard InChI is InChI=1S/C16H15F3N4O/c1-2-14(24)21-12-9-22(15-7-8-20-23(15)10-12)13-5-3-11(4-6-13)16(17,18)19/h2-8,12H,1,9-10H2,(H,21,24)/t12-/m0/s1. The number of carbonyl (C=O) groups excluding carboxylic acids is 1. The maximum atomic E-state index is 12.7. The number of anilines is 2. The average molecular weight is 336 g/mol. The third kappa shape index (κ3) is 3.12. The molecule has 126 valence electrons. The highest BCUT2D eigenvalue weighted by Gasteiger charge is 2.31. The van der Waals surface area contributed by atoms with Gasteiger partial charge in [-0.2, -0.15) is 18.3 Å². The first-order valence-corrected chi connectivity index (χ1v) is 7.28. The van der Waals surface area contributed by atoms with Crippen LogP contribution in [0.4, 0.5) is 24.7 Å². The van der Waals surface area contributed by atoms with Gasteiger partial charge in [-0.1, -0.05) is 6.58 Å². The number of hydrogen-bond donors (Lipinski definition) is 1. The Morgan fingerprint density at radius 2 is 1.96 bits per heavy atom. The van der Waals surface area contributed by atoms with Gasteiger partial charge in [0.05, 0.1) is 24.3 Å². The minimum atomic E-state index is -4.37. The molecule has 0 bridgehead atoms. The lowest BCUT2D eigenvalue weighted by molar-refractivity contribution is -0.137. The third-order valence-corrected chi connectivity index (χ3v) is 3.81. The van der Waals surface area contributed by atoms with Crippen molar-refractivity contribution in [2.24, 2.45) is 0 Å². The fraction of sp³-hybridized carbons (Fsp3) is 0.250. The number of carbonyl (C=O) groups is 1. The van der Waals surface area contributed by atoms with E-state index in [0.29, 0.717) is 18.8 Å². The Labute approximate surface area is 136 Å². The Bertz CT molecular complexity index is 751. The fourth-order valence-corrected chi connectivity index (χ4v) is 2.70. The Morgan fingerprint density at radius 3 is 2.58 bits per heavy atom. The summed E-state index contributed by atoms with van der Waals surface area (Å²) in [5.74, 6) is 0.460. The summed E-state index contributed by atoms with van der Waals surface area (Å²) in [6.07, 6.45) is -1.58. The number of fused-ring (bicyclic) bond motifs is 1. The summed E-state index contributed by atoms with van der Waals surface area (Å²) in [5, 5.41) is 6.99. The summed E-state index contributed by atoms with van der Waals surface area (Å²) in [5.41, 5.74) is -0.101. The highest BCUT2D eigenvalue weighted by Crippen LogP contribution is 2.33. The maximum Gasteiger partial charge on any atom is 0.416 e. The van der Waals surface area contributed by atoms with Gasteiger partial charge in [0.1, 0.15) is 5.82 Å². The van der Waals surface area contributed by atoms with Crippen molar-refractivity contribution in [3.8, 4) is 0 Å². The topological polar surface area (TPSA) is 50.2 Å². The van der Waals surface area contributed by atoms with Crippen LogP contribution in [0.15, 0.2) is 49.2 Å². The molecule has 1 aromatic carbocycles. The normalized spacial score (nSPS) is 17.3. The van der Waals surface area contributed by atoms with Crippen molar-refractivity contribution in [1.82, 2.24) is 15.1 Å². The summed E-state index contributed by atoms with van der Waals surface area (Å²) in [6, 6.07) is 6.47. The zero-order chi connectivity index (χ0) is 17.3. The minimum absolute atomic E-state index is 0.231. The molecule has 8 heteroatoms. The van der Waals surface area contributed by atoms with Crippen LogP contribution in [-0.4, -0.2) is 28.3 Å². The molecule has 0 unspecified atom stereocenters. The van der Waals surface area contributed by atoms with Crippen molar-refractivity contribution in [2.75, 3.05) is 11.4 Å². The lowest BCUT2D eigenvalue weighted by Gasteiger charge is -2.35. The van der Waals surface area contributed by atoms with Crippen LogP contribution in [0.25, 0.3) is 0 Å². The van der Waals surface area contributed by atoms with Crippen molar-refractivity contribution in [2.45, 2.75) is 18.8 Å². The lowest BCUT2D eigenvalue weighted by atomic mass is 10.1. The molecule has 3 rings (SSSR count). The number of nitrogens with one attached hydrogen (secondary N) is 1. The minimum Gasteiger partial charge on any atom is -0.346 e. The van der Waals surface area contributed by atoms with Crippen LogP contribution in [-0.2, 0) is 17.5 Å². The van der Waals surface area contributed by atoms with E-state index in [1.807, 2.05) is 4.90 Å². The van der Waals surface area contributed by atoms with Gasteiger partial charge in [0.2, 0.25) is 5.91 Å². The number of hydrogen-bond acceptors (Lipinski definition) is 3. The molecule has 0 saturated heterocycles. The first-order chi connectivity index (χ1) is 11.4. The Morgan fingerprint density at radius 1 is 1.25 bits per heavy atom. The first-order valence-electron chi connectivity index (χ1n) is 7.28. The number of amides is 1. The van der Waals surface area contributed by atoms with Crippen LogP contribution in [0.1, 0.15) is 5.56 Å². The van der Waals surface area contributed by atoms with Gasteiger partial charge in [-0.05, 0) is 30.3 Å². The van der Waals surface area contributed by atoms with Gasteiger partial charge in [-0.25, -0.2) is 4.68 Å². The summed E-state index contributed by atoms with van der Waals surface area (Å²) < 4.78 is 39.8. The summed E-state index contributed by atoms with van der Waals surface area (Å²) >= 11 is 0. The summed E-state index contributed by atoms with van der Waals surface area (Å²) in [7, 11) is 0. The Hall–Kier alpha value is -2.77. The largest absolute Gasteiger partial charge is 0.416 e. The maximum absolute atomic E-state index is 12.7. The molecule has 2 aromatic rings. The van der Waals surface area contributed by atoms with E-state index in [0.717, 1.165) is 18.0 Å². The van der Waals surface area contributed by atoms with Gasteiger partial charge in [0.15, 0.2) is 0 Å². The molecule has 0 spiro atoms. The molecular formula is C16H15F3N4O. The van der Waals surface area contributed by atoms with Gasteiger partial charge in [-0.3, -0.25) is 4.79 Å². The average Bonchev–Trinajstić information content (AvgIpc) is 3.01. The molecule has 0 aliphatic carbocycles. The van der Waals surface area contributed by atoms with Gasteiger partial charge < -0.3 is 10.2 Å². The molecule has 0 fully saturated rings. The smallest absolute Gasteiger partial charge is 0.346 e. The van der Waals surface area contributed by atoms with E-state index in [1.165, 1.54) is 18.2 Å². The van der Waals surface area contributed by atoms with Gasteiger partial charge in [0.25, 0.3) is 0 Å². The van der Waals surface area contributed by atoms with Gasteiger partial charge >= 0.3 is 6.18 Å². The Balaban J connectivity index is 1.89. The molecule has 1 aromatic heterocycles. The van der Waals surface area contributed by atoms with Crippen molar-refractivity contribution in [3.63, 3.8) is 0 Å². The zero-order valence-electron chi connectivity index (χ0n) is 12.6. The monoisotopic (exact) mass is 336 g/mol. The van der Waals surface area contributed by atoms with Crippen molar-refractivity contribution in [3.05, 3.63) is 54.7 Å². The molecule has 1 atom stereocenters. The van der Waals surface area contributed by atoms with Crippen LogP contribution in [0.2, 0.25) is 0 Å². The molecule has 2 heterocycles. The molecule has 1 aliphatic heterocycles. The molecule has 0 saturated carbocycles. The predicted octanol–water partition coefficient (Wildman–Crippen LogP) is 2.72. The molecule has 1 aliphatic rings. The van der Waals surface area contributed by atoms with E-state index in [4.69, 9.17) is 0 Å². The molecule has 1 amide bonds. The predicted molar refractivity (Wildman–Crippen MR) is 82.8 cm³/mol. The van der Waals surface area contributed by atoms with Crippen molar-refractivity contribution < 1.29 is 18.0 Å². The highest BCUT2D eigenvalue weighted by molar-refractivity contribution is 5.87. The second-order valence-electron chi connectivity index (χ2n) is 5.44. The number of nitrogens with zero attached hydrogens (tertiary/aromatic N) is 3.